The van der Waals surface area contributed by atoms with Crippen molar-refractivity contribution in [3.63, 3.8) is 0 Å². The van der Waals surface area contributed by atoms with E-state index in [0.29, 0.717) is 5.92 Å². The summed E-state index contributed by atoms with van der Waals surface area (Å²) in [6, 6.07) is 27.8. The molecule has 2 heteroatoms. The topological polar surface area (TPSA) is 15.3 Å². The van der Waals surface area contributed by atoms with Gasteiger partial charge in [0.1, 0.15) is 0 Å². The van der Waals surface area contributed by atoms with Gasteiger partial charge in [0.05, 0.1) is 5.54 Å². The second kappa shape index (κ2) is 6.17. The summed E-state index contributed by atoms with van der Waals surface area (Å²) >= 11 is 0. The molecule has 0 bridgehead atoms. The van der Waals surface area contributed by atoms with Crippen molar-refractivity contribution in [1.29, 1.82) is 0 Å². The normalized spacial score (nSPS) is 22.4. The fourth-order valence-electron chi connectivity index (χ4n) is 4.38. The molecule has 3 aromatic carbocycles. The van der Waals surface area contributed by atoms with Gasteiger partial charge in [0.15, 0.2) is 0 Å². The SMILES string of the molecule is CC12C=CC=CC1c1ccc(Nc3ccccc3)cc1N2c1ccccc1. The molecule has 0 fully saturated rings. The molecular formula is C25H22N2. The van der Waals surface area contributed by atoms with Crippen LogP contribution in [0.25, 0.3) is 0 Å². The lowest BCUT2D eigenvalue weighted by molar-refractivity contribution is 0.542. The smallest absolute Gasteiger partial charge is 0.0712 e. The molecule has 0 saturated heterocycles. The minimum Gasteiger partial charge on any atom is -0.355 e. The van der Waals surface area contributed by atoms with Gasteiger partial charge in [0, 0.05) is 28.7 Å². The minimum absolute atomic E-state index is 0.0934. The maximum atomic E-state index is 3.54. The minimum atomic E-state index is -0.0934. The number of fused-ring (bicyclic) bond motifs is 3. The van der Waals surface area contributed by atoms with Gasteiger partial charge in [-0.1, -0.05) is 66.8 Å². The molecule has 0 radical (unpaired) electrons. The highest BCUT2D eigenvalue weighted by molar-refractivity contribution is 5.81. The third-order valence-corrected chi connectivity index (χ3v) is 5.64. The van der Waals surface area contributed by atoms with Crippen LogP contribution in [-0.4, -0.2) is 5.54 Å². The molecule has 2 atom stereocenters. The molecule has 3 aromatic rings. The van der Waals surface area contributed by atoms with Crippen LogP contribution in [0.1, 0.15) is 18.4 Å². The highest BCUT2D eigenvalue weighted by Gasteiger charge is 2.46. The highest BCUT2D eigenvalue weighted by Crippen LogP contribution is 2.54. The van der Waals surface area contributed by atoms with Crippen LogP contribution >= 0.6 is 0 Å². The monoisotopic (exact) mass is 350 g/mol. The summed E-state index contributed by atoms with van der Waals surface area (Å²) in [7, 11) is 0. The van der Waals surface area contributed by atoms with E-state index in [1.54, 1.807) is 0 Å². The number of para-hydroxylation sites is 2. The first kappa shape index (κ1) is 16.0. The Morgan fingerprint density at radius 1 is 0.815 bits per heavy atom. The first-order valence-electron chi connectivity index (χ1n) is 9.43. The number of hydrogen-bond acceptors (Lipinski definition) is 2. The Hall–Kier alpha value is -3.26. The molecule has 1 aliphatic heterocycles. The van der Waals surface area contributed by atoms with Crippen molar-refractivity contribution in [2.45, 2.75) is 18.4 Å². The Balaban J connectivity index is 1.63. The van der Waals surface area contributed by atoms with Crippen LogP contribution in [-0.2, 0) is 0 Å². The molecule has 5 rings (SSSR count). The lowest BCUT2D eigenvalue weighted by Gasteiger charge is -2.39. The lowest BCUT2D eigenvalue weighted by atomic mass is 9.80. The van der Waals surface area contributed by atoms with E-state index in [2.05, 4.69) is 114 Å². The van der Waals surface area contributed by atoms with Crippen molar-refractivity contribution in [2.24, 2.45) is 0 Å². The van der Waals surface area contributed by atoms with E-state index in [4.69, 9.17) is 0 Å². The maximum Gasteiger partial charge on any atom is 0.0712 e. The fourth-order valence-corrected chi connectivity index (χ4v) is 4.38. The molecule has 0 aromatic heterocycles. The van der Waals surface area contributed by atoms with Crippen molar-refractivity contribution >= 4 is 22.7 Å². The Morgan fingerprint density at radius 3 is 2.33 bits per heavy atom. The summed E-state index contributed by atoms with van der Waals surface area (Å²) in [6.45, 7) is 2.33. The highest BCUT2D eigenvalue weighted by atomic mass is 15.2. The Bertz CT molecular complexity index is 1020. The van der Waals surface area contributed by atoms with Gasteiger partial charge in [0.25, 0.3) is 0 Å². The molecule has 0 spiro atoms. The summed E-state index contributed by atoms with van der Waals surface area (Å²) in [5, 5.41) is 3.54. The number of rotatable bonds is 3. The zero-order chi connectivity index (χ0) is 18.3. The third kappa shape index (κ3) is 2.57. The number of hydrogen-bond donors (Lipinski definition) is 1. The van der Waals surface area contributed by atoms with Crippen molar-refractivity contribution in [3.05, 3.63) is 109 Å². The van der Waals surface area contributed by atoms with Crippen LogP contribution in [0, 0.1) is 0 Å². The van der Waals surface area contributed by atoms with E-state index in [-0.39, 0.29) is 5.54 Å². The van der Waals surface area contributed by atoms with E-state index in [1.165, 1.54) is 16.9 Å². The van der Waals surface area contributed by atoms with Gasteiger partial charge in [-0.3, -0.25) is 0 Å². The van der Waals surface area contributed by atoms with Crippen LogP contribution < -0.4 is 10.2 Å². The van der Waals surface area contributed by atoms with Gasteiger partial charge in [-0.25, -0.2) is 0 Å². The molecule has 27 heavy (non-hydrogen) atoms. The van der Waals surface area contributed by atoms with E-state index >= 15 is 0 Å². The average molecular weight is 350 g/mol. The van der Waals surface area contributed by atoms with Crippen LogP contribution in [0.3, 0.4) is 0 Å². The van der Waals surface area contributed by atoms with Crippen LogP contribution in [0.4, 0.5) is 22.7 Å². The molecule has 0 saturated carbocycles. The lowest BCUT2D eigenvalue weighted by Crippen LogP contribution is -2.41. The quantitative estimate of drug-likeness (QED) is 0.576. The van der Waals surface area contributed by atoms with Crippen molar-refractivity contribution in [2.75, 3.05) is 10.2 Å². The fraction of sp³-hybridized carbons (Fsp3) is 0.120. The number of allylic oxidation sites excluding steroid dienone is 2. The number of nitrogens with one attached hydrogen (secondary N) is 1. The van der Waals surface area contributed by atoms with E-state index < -0.39 is 0 Å². The van der Waals surface area contributed by atoms with Gasteiger partial charge in [0.2, 0.25) is 0 Å². The second-order valence-electron chi connectivity index (χ2n) is 7.38. The van der Waals surface area contributed by atoms with E-state index in [0.717, 1.165) is 11.4 Å². The first-order chi connectivity index (χ1) is 13.3. The zero-order valence-electron chi connectivity index (χ0n) is 15.3. The molecule has 1 aliphatic carbocycles. The predicted molar refractivity (Wildman–Crippen MR) is 114 cm³/mol. The predicted octanol–water partition coefficient (Wildman–Crippen LogP) is 6.55. The van der Waals surface area contributed by atoms with Crippen molar-refractivity contribution < 1.29 is 0 Å². The molecule has 1 heterocycles. The van der Waals surface area contributed by atoms with Gasteiger partial charge in [-0.05, 0) is 48.9 Å². The van der Waals surface area contributed by atoms with Crippen LogP contribution in [0.15, 0.2) is 103 Å². The van der Waals surface area contributed by atoms with Gasteiger partial charge in [-0.2, -0.15) is 0 Å². The number of nitrogens with zero attached hydrogens (tertiary/aromatic N) is 1. The first-order valence-corrected chi connectivity index (χ1v) is 9.43. The molecule has 2 nitrogen and oxygen atoms in total. The zero-order valence-corrected chi connectivity index (χ0v) is 15.3. The van der Waals surface area contributed by atoms with Gasteiger partial charge in [-0.15, -0.1) is 0 Å². The molecule has 2 aliphatic rings. The maximum absolute atomic E-state index is 3.54. The Morgan fingerprint density at radius 2 is 1.56 bits per heavy atom. The Labute approximate surface area is 160 Å². The van der Waals surface area contributed by atoms with Gasteiger partial charge >= 0.3 is 0 Å². The average Bonchev–Trinajstić information content (AvgIpc) is 2.97. The summed E-state index contributed by atoms with van der Waals surface area (Å²) in [5.74, 6) is 0.350. The molecule has 132 valence electrons. The van der Waals surface area contributed by atoms with Crippen molar-refractivity contribution in [3.8, 4) is 0 Å². The summed E-state index contributed by atoms with van der Waals surface area (Å²) < 4.78 is 0. The number of benzene rings is 3. The Kier molecular flexibility index (Phi) is 3.64. The molecule has 1 N–H and O–H groups in total. The van der Waals surface area contributed by atoms with E-state index in [1.807, 2.05) is 6.07 Å². The van der Waals surface area contributed by atoms with Gasteiger partial charge < -0.3 is 10.2 Å². The largest absolute Gasteiger partial charge is 0.355 e. The molecule has 0 amide bonds. The molecule has 2 unspecified atom stereocenters. The second-order valence-corrected chi connectivity index (χ2v) is 7.38. The summed E-state index contributed by atoms with van der Waals surface area (Å²) in [6.07, 6.45) is 8.99. The van der Waals surface area contributed by atoms with Crippen LogP contribution in [0.2, 0.25) is 0 Å². The number of anilines is 4. The van der Waals surface area contributed by atoms with Crippen molar-refractivity contribution in [1.82, 2.24) is 0 Å². The summed E-state index contributed by atoms with van der Waals surface area (Å²) in [4.78, 5) is 2.48. The van der Waals surface area contributed by atoms with E-state index in [9.17, 15) is 0 Å². The third-order valence-electron chi connectivity index (χ3n) is 5.64. The molecular weight excluding hydrogens is 328 g/mol. The van der Waals surface area contributed by atoms with Crippen LogP contribution in [0.5, 0.6) is 0 Å². The standard InChI is InChI=1S/C25H22N2/c1-25-17-9-8-14-23(25)22-16-15-20(26-19-10-4-2-5-11-19)18-24(22)27(25)21-12-6-3-7-13-21/h2-18,23,26H,1H3. The summed E-state index contributed by atoms with van der Waals surface area (Å²) in [5.41, 5.74) is 5.98.